The van der Waals surface area contributed by atoms with E-state index in [2.05, 4.69) is 12.2 Å². The predicted molar refractivity (Wildman–Crippen MR) is 76.4 cm³/mol. The van der Waals surface area contributed by atoms with E-state index >= 15 is 0 Å². The average Bonchev–Trinajstić information content (AvgIpc) is 2.81. The van der Waals surface area contributed by atoms with Crippen LogP contribution in [0.1, 0.15) is 60.7 Å². The second-order valence-electron chi connectivity index (χ2n) is 4.55. The molecular weight excluding hydrogens is 246 g/mol. The molecule has 0 aliphatic rings. The molecule has 1 aromatic heterocycles. The summed E-state index contributed by atoms with van der Waals surface area (Å²) >= 11 is 1.51. The lowest BCUT2D eigenvalue weighted by Gasteiger charge is -2.03. The summed E-state index contributed by atoms with van der Waals surface area (Å²) in [6.07, 6.45) is 7.82. The Labute approximate surface area is 113 Å². The van der Waals surface area contributed by atoms with E-state index in [4.69, 9.17) is 5.11 Å². The molecule has 0 amide bonds. The third-order valence-corrected chi connectivity index (χ3v) is 3.84. The van der Waals surface area contributed by atoms with Crippen LogP contribution < -0.4 is 5.32 Å². The van der Waals surface area contributed by atoms with Gasteiger partial charge in [0.25, 0.3) is 0 Å². The number of hydrogen-bond donors (Lipinski definition) is 2. The molecule has 1 rings (SSSR count). The molecule has 0 aliphatic carbocycles. The number of thiophene rings is 1. The number of nitrogens with one attached hydrogen (secondary N) is 1. The maximum atomic E-state index is 10.7. The van der Waals surface area contributed by atoms with E-state index in [9.17, 15) is 4.79 Å². The molecule has 0 radical (unpaired) electrons. The SMILES string of the molecule is CCCCCCCCNCc1cc(C(=O)O)cs1. The van der Waals surface area contributed by atoms with Gasteiger partial charge in [0, 0.05) is 16.8 Å². The molecule has 0 saturated heterocycles. The fourth-order valence-corrected chi connectivity index (χ4v) is 2.66. The van der Waals surface area contributed by atoms with E-state index < -0.39 is 5.97 Å². The molecule has 0 aliphatic heterocycles. The lowest BCUT2D eigenvalue weighted by molar-refractivity contribution is 0.0697. The molecule has 2 N–H and O–H groups in total. The van der Waals surface area contributed by atoms with Gasteiger partial charge in [-0.2, -0.15) is 0 Å². The molecule has 0 saturated carbocycles. The van der Waals surface area contributed by atoms with Gasteiger partial charge in [-0.25, -0.2) is 4.79 Å². The van der Waals surface area contributed by atoms with Crippen LogP contribution in [0.15, 0.2) is 11.4 Å². The molecule has 1 aromatic rings. The van der Waals surface area contributed by atoms with E-state index in [1.165, 1.54) is 49.9 Å². The van der Waals surface area contributed by atoms with Gasteiger partial charge in [0.15, 0.2) is 0 Å². The minimum absolute atomic E-state index is 0.399. The summed E-state index contributed by atoms with van der Waals surface area (Å²) in [5.74, 6) is -0.839. The van der Waals surface area contributed by atoms with Gasteiger partial charge in [0.05, 0.1) is 5.56 Å². The summed E-state index contributed by atoms with van der Waals surface area (Å²) in [4.78, 5) is 11.8. The molecule has 0 bridgehead atoms. The quantitative estimate of drug-likeness (QED) is 0.633. The van der Waals surface area contributed by atoms with Gasteiger partial charge >= 0.3 is 5.97 Å². The van der Waals surface area contributed by atoms with Crippen molar-refractivity contribution in [2.75, 3.05) is 6.54 Å². The fraction of sp³-hybridized carbons (Fsp3) is 0.643. The Morgan fingerprint density at radius 3 is 2.67 bits per heavy atom. The van der Waals surface area contributed by atoms with Crippen molar-refractivity contribution in [3.8, 4) is 0 Å². The van der Waals surface area contributed by atoms with Crippen molar-refractivity contribution in [3.05, 3.63) is 21.9 Å². The molecule has 0 unspecified atom stereocenters. The van der Waals surface area contributed by atoms with Crippen LogP contribution >= 0.6 is 11.3 Å². The van der Waals surface area contributed by atoms with Crippen LogP contribution in [-0.2, 0) is 6.54 Å². The smallest absolute Gasteiger partial charge is 0.336 e. The van der Waals surface area contributed by atoms with Crippen molar-refractivity contribution in [1.82, 2.24) is 5.32 Å². The number of hydrogen-bond acceptors (Lipinski definition) is 3. The Kier molecular flexibility index (Phi) is 7.69. The number of unbranched alkanes of at least 4 members (excludes halogenated alkanes) is 5. The Bertz CT molecular complexity index is 349. The molecular formula is C14H23NO2S. The van der Waals surface area contributed by atoms with Crippen molar-refractivity contribution < 1.29 is 9.90 Å². The van der Waals surface area contributed by atoms with Crippen molar-refractivity contribution in [1.29, 1.82) is 0 Å². The zero-order valence-corrected chi connectivity index (χ0v) is 11.9. The highest BCUT2D eigenvalue weighted by molar-refractivity contribution is 7.10. The number of aromatic carboxylic acids is 1. The van der Waals surface area contributed by atoms with Gasteiger partial charge in [-0.05, 0) is 19.0 Å². The Morgan fingerprint density at radius 2 is 2.00 bits per heavy atom. The van der Waals surface area contributed by atoms with Crippen LogP contribution in [0.2, 0.25) is 0 Å². The number of carboxylic acid groups (broad SMARTS) is 1. The van der Waals surface area contributed by atoms with E-state index in [0.717, 1.165) is 18.0 Å². The number of carbonyl (C=O) groups is 1. The van der Waals surface area contributed by atoms with E-state index in [0.29, 0.717) is 5.56 Å². The van der Waals surface area contributed by atoms with E-state index in [1.807, 2.05) is 0 Å². The van der Waals surface area contributed by atoms with Gasteiger partial charge < -0.3 is 10.4 Å². The van der Waals surface area contributed by atoms with Crippen molar-refractivity contribution >= 4 is 17.3 Å². The van der Waals surface area contributed by atoms with Crippen molar-refractivity contribution in [3.63, 3.8) is 0 Å². The van der Waals surface area contributed by atoms with Crippen molar-refractivity contribution in [2.24, 2.45) is 0 Å². The zero-order chi connectivity index (χ0) is 13.2. The summed E-state index contributed by atoms with van der Waals surface area (Å²) < 4.78 is 0. The highest BCUT2D eigenvalue weighted by atomic mass is 32.1. The van der Waals surface area contributed by atoms with Crippen LogP contribution in [0.3, 0.4) is 0 Å². The van der Waals surface area contributed by atoms with Gasteiger partial charge in [0.1, 0.15) is 0 Å². The molecule has 18 heavy (non-hydrogen) atoms. The highest BCUT2D eigenvalue weighted by Gasteiger charge is 2.05. The third kappa shape index (κ3) is 6.17. The summed E-state index contributed by atoms with van der Waals surface area (Å²) in [6, 6.07) is 1.75. The second-order valence-corrected chi connectivity index (χ2v) is 5.55. The average molecular weight is 269 g/mol. The minimum atomic E-state index is -0.839. The minimum Gasteiger partial charge on any atom is -0.478 e. The van der Waals surface area contributed by atoms with Crippen LogP contribution in [0.5, 0.6) is 0 Å². The first-order chi connectivity index (χ1) is 8.74. The first-order valence-corrected chi connectivity index (χ1v) is 7.63. The summed E-state index contributed by atoms with van der Waals surface area (Å²) in [6.45, 7) is 4.04. The van der Waals surface area contributed by atoms with Crippen LogP contribution in [0.4, 0.5) is 0 Å². The molecule has 4 heteroatoms. The van der Waals surface area contributed by atoms with E-state index in [-0.39, 0.29) is 0 Å². The molecule has 3 nitrogen and oxygen atoms in total. The molecule has 0 spiro atoms. The first-order valence-electron chi connectivity index (χ1n) is 6.75. The number of rotatable bonds is 10. The Hall–Kier alpha value is -0.870. The standard InChI is InChI=1S/C14H23NO2S/c1-2-3-4-5-6-7-8-15-10-13-9-12(11-18-13)14(16)17/h9,11,15H,2-8,10H2,1H3,(H,16,17). The number of carboxylic acids is 1. The summed E-state index contributed by atoms with van der Waals surface area (Å²) in [5, 5.41) is 13.9. The molecule has 1 heterocycles. The van der Waals surface area contributed by atoms with Gasteiger partial charge in [-0.15, -0.1) is 11.3 Å². The largest absolute Gasteiger partial charge is 0.478 e. The lowest BCUT2D eigenvalue weighted by atomic mass is 10.1. The fourth-order valence-electron chi connectivity index (χ4n) is 1.83. The first kappa shape index (κ1) is 15.2. The summed E-state index contributed by atoms with van der Waals surface area (Å²) in [7, 11) is 0. The maximum Gasteiger partial charge on any atom is 0.336 e. The normalized spacial score (nSPS) is 10.7. The molecule has 0 aromatic carbocycles. The monoisotopic (exact) mass is 269 g/mol. The van der Waals surface area contributed by atoms with Crippen molar-refractivity contribution in [2.45, 2.75) is 52.0 Å². The predicted octanol–water partition coefficient (Wildman–Crippen LogP) is 3.90. The second kappa shape index (κ2) is 9.11. The van der Waals surface area contributed by atoms with Gasteiger partial charge in [-0.1, -0.05) is 39.0 Å². The third-order valence-electron chi connectivity index (χ3n) is 2.91. The van der Waals surface area contributed by atoms with Gasteiger partial charge in [-0.3, -0.25) is 0 Å². The molecule has 0 fully saturated rings. The van der Waals surface area contributed by atoms with Gasteiger partial charge in [0.2, 0.25) is 0 Å². The Balaban J connectivity index is 2.02. The van der Waals surface area contributed by atoms with E-state index in [1.54, 1.807) is 11.4 Å². The van der Waals surface area contributed by atoms with Crippen LogP contribution in [-0.4, -0.2) is 17.6 Å². The van der Waals surface area contributed by atoms with Crippen LogP contribution in [0, 0.1) is 0 Å². The summed E-state index contributed by atoms with van der Waals surface area (Å²) in [5.41, 5.74) is 0.399. The molecule has 0 atom stereocenters. The molecule has 102 valence electrons. The lowest BCUT2D eigenvalue weighted by Crippen LogP contribution is -2.13. The Morgan fingerprint density at radius 1 is 1.28 bits per heavy atom. The topological polar surface area (TPSA) is 49.3 Å². The highest BCUT2D eigenvalue weighted by Crippen LogP contribution is 2.14. The van der Waals surface area contributed by atoms with Crippen LogP contribution in [0.25, 0.3) is 0 Å². The maximum absolute atomic E-state index is 10.7. The zero-order valence-electron chi connectivity index (χ0n) is 11.1.